The summed E-state index contributed by atoms with van der Waals surface area (Å²) in [5.74, 6) is -0.707. The number of nitrogens with zero attached hydrogens (tertiary/aromatic N) is 1. The maximum absolute atomic E-state index is 12.5. The van der Waals surface area contributed by atoms with Crippen molar-refractivity contribution in [3.05, 3.63) is 0 Å². The van der Waals surface area contributed by atoms with Crippen molar-refractivity contribution in [3.8, 4) is 0 Å². The highest BCUT2D eigenvalue weighted by Crippen LogP contribution is 2.24. The van der Waals surface area contributed by atoms with E-state index in [1.807, 2.05) is 4.90 Å². The summed E-state index contributed by atoms with van der Waals surface area (Å²) in [4.78, 5) is 25.0. The van der Waals surface area contributed by atoms with Gasteiger partial charge in [0.05, 0.1) is 0 Å². The minimum atomic E-state index is -0.785. The predicted octanol–water partition coefficient (Wildman–Crippen LogP) is 1.80. The quantitative estimate of drug-likeness (QED) is 0.845. The van der Waals surface area contributed by atoms with Crippen molar-refractivity contribution in [2.45, 2.75) is 63.5 Å². The topological polar surface area (TPSA) is 66.8 Å². The van der Waals surface area contributed by atoms with Gasteiger partial charge in [0.25, 0.3) is 5.91 Å². The van der Waals surface area contributed by atoms with Crippen LogP contribution in [0.15, 0.2) is 0 Å². The molecule has 0 spiro atoms. The Labute approximate surface area is 113 Å². The lowest BCUT2D eigenvalue weighted by molar-refractivity contribution is -0.151. The Morgan fingerprint density at radius 2 is 1.95 bits per heavy atom. The Morgan fingerprint density at radius 3 is 2.63 bits per heavy atom. The van der Waals surface area contributed by atoms with Gasteiger partial charge in [0.2, 0.25) is 0 Å². The lowest BCUT2D eigenvalue weighted by Crippen LogP contribution is -2.49. The van der Waals surface area contributed by atoms with Crippen LogP contribution in [0, 0.1) is 0 Å². The molecule has 1 N–H and O–H groups in total. The number of carboxylic acids is 1. The van der Waals surface area contributed by atoms with Gasteiger partial charge in [-0.1, -0.05) is 0 Å². The van der Waals surface area contributed by atoms with Crippen LogP contribution in [0.5, 0.6) is 0 Å². The summed E-state index contributed by atoms with van der Waals surface area (Å²) in [5, 5.41) is 8.79. The van der Waals surface area contributed by atoms with Gasteiger partial charge in [-0.25, -0.2) is 0 Å². The van der Waals surface area contributed by atoms with Gasteiger partial charge >= 0.3 is 5.97 Å². The zero-order valence-electron chi connectivity index (χ0n) is 11.3. The van der Waals surface area contributed by atoms with Crippen LogP contribution in [-0.4, -0.2) is 47.2 Å². The fourth-order valence-electron chi connectivity index (χ4n) is 3.00. The molecule has 0 aromatic carbocycles. The summed E-state index contributed by atoms with van der Waals surface area (Å²) in [6, 6.07) is 0.0860. The number of amides is 1. The first-order valence-electron chi connectivity index (χ1n) is 7.32. The third-order valence-electron chi connectivity index (χ3n) is 4.06. The van der Waals surface area contributed by atoms with Gasteiger partial charge in [-0.05, 0) is 44.9 Å². The first-order chi connectivity index (χ1) is 9.18. The third kappa shape index (κ3) is 3.93. The van der Waals surface area contributed by atoms with Crippen LogP contribution < -0.4 is 0 Å². The van der Waals surface area contributed by atoms with Gasteiger partial charge in [-0.2, -0.15) is 0 Å². The Bertz CT molecular complexity index is 325. The Hall–Kier alpha value is -1.10. The van der Waals surface area contributed by atoms with Crippen molar-refractivity contribution in [2.24, 2.45) is 0 Å². The largest absolute Gasteiger partial charge is 0.481 e. The van der Waals surface area contributed by atoms with E-state index < -0.39 is 5.97 Å². The average Bonchev–Trinajstić information content (AvgIpc) is 2.45. The summed E-state index contributed by atoms with van der Waals surface area (Å²) in [6.45, 7) is 1.42. The van der Waals surface area contributed by atoms with E-state index in [0.29, 0.717) is 13.0 Å². The number of rotatable bonds is 4. The van der Waals surface area contributed by atoms with Gasteiger partial charge in [0.15, 0.2) is 0 Å². The van der Waals surface area contributed by atoms with Crippen LogP contribution in [-0.2, 0) is 14.3 Å². The van der Waals surface area contributed by atoms with E-state index in [0.717, 1.165) is 45.1 Å². The SMILES string of the molecule is O=C(O)CC[C@H]1CCCCN1C(=O)[C@@H]1CCCCO1. The summed E-state index contributed by atoms with van der Waals surface area (Å²) < 4.78 is 5.56. The summed E-state index contributed by atoms with van der Waals surface area (Å²) in [7, 11) is 0. The lowest BCUT2D eigenvalue weighted by atomic mass is 9.96. The number of carbonyl (C=O) groups excluding carboxylic acids is 1. The molecular weight excluding hydrogens is 246 g/mol. The molecule has 2 atom stereocenters. The van der Waals surface area contributed by atoms with Crippen LogP contribution in [0.4, 0.5) is 0 Å². The number of piperidine rings is 1. The van der Waals surface area contributed by atoms with E-state index >= 15 is 0 Å². The number of carbonyl (C=O) groups is 2. The van der Waals surface area contributed by atoms with Gasteiger partial charge in [-0.3, -0.25) is 9.59 Å². The van der Waals surface area contributed by atoms with Crippen LogP contribution in [0.3, 0.4) is 0 Å². The summed E-state index contributed by atoms with van der Waals surface area (Å²) in [6.07, 6.45) is 6.32. The molecule has 0 aromatic rings. The van der Waals surface area contributed by atoms with Crippen LogP contribution in [0.25, 0.3) is 0 Å². The van der Waals surface area contributed by atoms with Crippen LogP contribution in [0.2, 0.25) is 0 Å². The molecule has 2 rings (SSSR count). The fraction of sp³-hybridized carbons (Fsp3) is 0.857. The second kappa shape index (κ2) is 6.89. The molecule has 0 radical (unpaired) electrons. The van der Waals surface area contributed by atoms with Gasteiger partial charge in [-0.15, -0.1) is 0 Å². The predicted molar refractivity (Wildman–Crippen MR) is 69.8 cm³/mol. The Kier molecular flexibility index (Phi) is 5.19. The Morgan fingerprint density at radius 1 is 1.16 bits per heavy atom. The highest BCUT2D eigenvalue weighted by molar-refractivity contribution is 5.81. The van der Waals surface area contributed by atoms with Crippen LogP contribution >= 0.6 is 0 Å². The number of hydrogen-bond donors (Lipinski definition) is 1. The Balaban J connectivity index is 1.93. The molecule has 0 bridgehead atoms. The molecule has 5 nitrogen and oxygen atoms in total. The summed E-state index contributed by atoms with van der Waals surface area (Å²) >= 11 is 0. The fourth-order valence-corrected chi connectivity index (χ4v) is 3.00. The highest BCUT2D eigenvalue weighted by atomic mass is 16.5. The first kappa shape index (κ1) is 14.3. The van der Waals surface area contributed by atoms with E-state index in [1.165, 1.54) is 0 Å². The van der Waals surface area contributed by atoms with E-state index in [-0.39, 0.29) is 24.5 Å². The summed E-state index contributed by atoms with van der Waals surface area (Å²) in [5.41, 5.74) is 0. The molecule has 5 heteroatoms. The van der Waals surface area contributed by atoms with Crippen molar-refractivity contribution in [3.63, 3.8) is 0 Å². The molecular formula is C14H23NO4. The number of ether oxygens (including phenoxy) is 1. The van der Waals surface area contributed by atoms with Gasteiger partial charge in [0.1, 0.15) is 6.10 Å². The second-order valence-corrected chi connectivity index (χ2v) is 5.47. The number of carboxylic acid groups (broad SMARTS) is 1. The molecule has 0 aliphatic carbocycles. The zero-order chi connectivity index (χ0) is 13.7. The van der Waals surface area contributed by atoms with Gasteiger partial charge < -0.3 is 14.7 Å². The normalized spacial score (nSPS) is 28.1. The molecule has 1 amide bonds. The molecule has 0 aromatic heterocycles. The number of aliphatic carboxylic acids is 1. The van der Waals surface area contributed by atoms with Gasteiger partial charge in [0, 0.05) is 25.6 Å². The van der Waals surface area contributed by atoms with E-state index in [4.69, 9.17) is 9.84 Å². The smallest absolute Gasteiger partial charge is 0.303 e. The maximum Gasteiger partial charge on any atom is 0.303 e. The third-order valence-corrected chi connectivity index (χ3v) is 4.06. The molecule has 0 unspecified atom stereocenters. The molecule has 2 aliphatic heterocycles. The molecule has 19 heavy (non-hydrogen) atoms. The standard InChI is InChI=1S/C14H23NO4/c16-13(17)8-7-11-5-1-3-9-15(11)14(18)12-6-2-4-10-19-12/h11-12H,1-10H2,(H,16,17)/t11-,12+/m1/s1. The molecule has 2 aliphatic rings. The molecule has 0 saturated carbocycles. The maximum atomic E-state index is 12.5. The van der Waals surface area contributed by atoms with E-state index in [2.05, 4.69) is 0 Å². The van der Waals surface area contributed by atoms with Crippen molar-refractivity contribution in [2.75, 3.05) is 13.2 Å². The van der Waals surface area contributed by atoms with E-state index in [1.54, 1.807) is 0 Å². The molecule has 2 saturated heterocycles. The lowest BCUT2D eigenvalue weighted by Gasteiger charge is -2.38. The van der Waals surface area contributed by atoms with Crippen molar-refractivity contribution < 1.29 is 19.4 Å². The number of hydrogen-bond acceptors (Lipinski definition) is 3. The van der Waals surface area contributed by atoms with Crippen LogP contribution in [0.1, 0.15) is 51.4 Å². The highest BCUT2D eigenvalue weighted by Gasteiger charge is 2.32. The number of likely N-dealkylation sites (tertiary alicyclic amines) is 1. The molecule has 2 heterocycles. The van der Waals surface area contributed by atoms with Crippen molar-refractivity contribution in [1.29, 1.82) is 0 Å². The van der Waals surface area contributed by atoms with E-state index in [9.17, 15) is 9.59 Å². The first-order valence-corrected chi connectivity index (χ1v) is 7.32. The monoisotopic (exact) mass is 269 g/mol. The second-order valence-electron chi connectivity index (χ2n) is 5.47. The molecule has 108 valence electrons. The average molecular weight is 269 g/mol. The minimum Gasteiger partial charge on any atom is -0.481 e. The van der Waals surface area contributed by atoms with Crippen molar-refractivity contribution >= 4 is 11.9 Å². The zero-order valence-corrected chi connectivity index (χ0v) is 11.3. The molecule has 2 fully saturated rings. The van der Waals surface area contributed by atoms with Crippen molar-refractivity contribution in [1.82, 2.24) is 4.90 Å². The minimum absolute atomic E-state index is 0.0785.